The fourth-order valence-electron chi connectivity index (χ4n) is 2.95. The molecule has 3 rings (SSSR count). The number of hydrogen-bond acceptors (Lipinski definition) is 5. The molecule has 0 atom stereocenters. The average molecular weight is 403 g/mol. The van der Waals surface area contributed by atoms with Gasteiger partial charge in [0, 0.05) is 20.0 Å². The number of carbonyl (C=O) groups excluding carboxylic acids is 3. The standard InChI is InChI=1S/C22H17NO3.C3H8O/c1-3-17-18-9-5-4-7-15(18)13-21(26)22(17)20(25)12-11-16-8-6-10-19(23-16)14(2)24;1-2-3-4/h3-12H,1,13H2,2H3;4H,2-3H2,1H3/b12-11+;. The van der Waals surface area contributed by atoms with Crippen LogP contribution < -0.4 is 0 Å². The Balaban J connectivity index is 0.000000735. The number of nitrogens with zero attached hydrogens (tertiary/aromatic N) is 1. The predicted molar refractivity (Wildman–Crippen MR) is 118 cm³/mol. The lowest BCUT2D eigenvalue weighted by molar-refractivity contribution is -0.119. The molecular formula is C25H25NO4. The normalized spacial score (nSPS) is 12.8. The molecule has 154 valence electrons. The van der Waals surface area contributed by atoms with E-state index in [1.165, 1.54) is 19.1 Å². The lowest BCUT2D eigenvalue weighted by Crippen LogP contribution is -2.20. The molecule has 0 unspecified atom stereocenters. The summed E-state index contributed by atoms with van der Waals surface area (Å²) in [5.74, 6) is -0.768. The smallest absolute Gasteiger partial charge is 0.190 e. The van der Waals surface area contributed by atoms with Crippen molar-refractivity contribution in [3.05, 3.63) is 89.3 Å². The van der Waals surface area contributed by atoms with Crippen molar-refractivity contribution in [2.45, 2.75) is 26.7 Å². The fourth-order valence-corrected chi connectivity index (χ4v) is 2.95. The summed E-state index contributed by atoms with van der Waals surface area (Å²) in [6.45, 7) is 7.44. The van der Waals surface area contributed by atoms with E-state index in [-0.39, 0.29) is 23.6 Å². The SMILES string of the molecule is C=CC1=C(C(=O)/C=C/c2cccc(C(C)=O)n2)C(=O)Cc2ccccc21.CCCO. The summed E-state index contributed by atoms with van der Waals surface area (Å²) in [6.07, 6.45) is 5.44. The second kappa shape index (κ2) is 10.9. The molecule has 5 nitrogen and oxygen atoms in total. The Morgan fingerprint density at radius 2 is 1.87 bits per heavy atom. The van der Waals surface area contributed by atoms with Gasteiger partial charge in [0.1, 0.15) is 5.69 Å². The molecule has 1 aliphatic carbocycles. The Hall–Kier alpha value is -3.44. The number of allylic oxidation sites excluding steroid dienone is 4. The summed E-state index contributed by atoms with van der Waals surface area (Å²) >= 11 is 0. The molecule has 1 aliphatic rings. The van der Waals surface area contributed by atoms with E-state index in [0.717, 1.165) is 17.5 Å². The maximum Gasteiger partial charge on any atom is 0.190 e. The van der Waals surface area contributed by atoms with Gasteiger partial charge in [0.15, 0.2) is 17.3 Å². The van der Waals surface area contributed by atoms with Gasteiger partial charge in [-0.1, -0.05) is 49.9 Å². The van der Waals surface area contributed by atoms with Crippen LogP contribution in [0.2, 0.25) is 0 Å². The third-order valence-electron chi connectivity index (χ3n) is 4.42. The summed E-state index contributed by atoms with van der Waals surface area (Å²) in [5.41, 5.74) is 3.25. The molecule has 1 heterocycles. The van der Waals surface area contributed by atoms with Crippen molar-refractivity contribution in [1.29, 1.82) is 0 Å². The van der Waals surface area contributed by atoms with Crippen LogP contribution in [0.5, 0.6) is 0 Å². The number of rotatable bonds is 6. The van der Waals surface area contributed by atoms with E-state index in [2.05, 4.69) is 11.6 Å². The van der Waals surface area contributed by atoms with Gasteiger partial charge in [0.05, 0.1) is 11.3 Å². The predicted octanol–water partition coefficient (Wildman–Crippen LogP) is 4.02. The van der Waals surface area contributed by atoms with Gasteiger partial charge in [-0.3, -0.25) is 14.4 Å². The summed E-state index contributed by atoms with van der Waals surface area (Å²) in [4.78, 5) is 40.8. The highest BCUT2D eigenvalue weighted by molar-refractivity contribution is 6.31. The summed E-state index contributed by atoms with van der Waals surface area (Å²) in [6, 6.07) is 12.5. The van der Waals surface area contributed by atoms with Gasteiger partial charge in [-0.2, -0.15) is 0 Å². The highest BCUT2D eigenvalue weighted by Crippen LogP contribution is 2.30. The summed E-state index contributed by atoms with van der Waals surface area (Å²) in [5, 5.41) is 7.88. The highest BCUT2D eigenvalue weighted by atomic mass is 16.2. The van der Waals surface area contributed by atoms with Crippen LogP contribution in [0, 0.1) is 0 Å². The zero-order chi connectivity index (χ0) is 22.1. The summed E-state index contributed by atoms with van der Waals surface area (Å²) in [7, 11) is 0. The van der Waals surface area contributed by atoms with Crippen LogP contribution in [0.25, 0.3) is 11.6 Å². The number of hydrogen-bond donors (Lipinski definition) is 1. The zero-order valence-electron chi connectivity index (χ0n) is 17.2. The minimum atomic E-state index is -0.394. The lowest BCUT2D eigenvalue weighted by Gasteiger charge is -2.19. The van der Waals surface area contributed by atoms with E-state index in [1.54, 1.807) is 24.3 Å². The Morgan fingerprint density at radius 3 is 2.50 bits per heavy atom. The number of fused-ring (bicyclic) bond motifs is 1. The molecule has 30 heavy (non-hydrogen) atoms. The number of pyridine rings is 1. The van der Waals surface area contributed by atoms with Crippen molar-refractivity contribution in [2.24, 2.45) is 0 Å². The van der Waals surface area contributed by atoms with E-state index in [1.807, 2.05) is 31.2 Å². The Kier molecular flexibility index (Phi) is 8.32. The first-order chi connectivity index (χ1) is 14.4. The first-order valence-electron chi connectivity index (χ1n) is 9.72. The molecule has 0 bridgehead atoms. The molecule has 5 heteroatoms. The molecule has 0 spiro atoms. The van der Waals surface area contributed by atoms with E-state index in [9.17, 15) is 14.4 Å². The van der Waals surface area contributed by atoms with Crippen LogP contribution in [0.4, 0.5) is 0 Å². The minimum Gasteiger partial charge on any atom is -0.396 e. The number of aromatic nitrogens is 1. The minimum absolute atomic E-state index is 0.137. The van der Waals surface area contributed by atoms with Crippen LogP contribution >= 0.6 is 0 Å². The van der Waals surface area contributed by atoms with Crippen molar-refractivity contribution in [2.75, 3.05) is 6.61 Å². The largest absolute Gasteiger partial charge is 0.396 e. The van der Waals surface area contributed by atoms with Crippen molar-refractivity contribution in [3.8, 4) is 0 Å². The van der Waals surface area contributed by atoms with Crippen molar-refractivity contribution in [3.63, 3.8) is 0 Å². The molecule has 2 aromatic rings. The molecule has 0 aliphatic heterocycles. The van der Waals surface area contributed by atoms with Crippen LogP contribution in [0.1, 0.15) is 47.6 Å². The Labute approximate surface area is 176 Å². The zero-order valence-corrected chi connectivity index (χ0v) is 17.2. The van der Waals surface area contributed by atoms with Crippen LogP contribution in [-0.2, 0) is 16.0 Å². The third-order valence-corrected chi connectivity index (χ3v) is 4.42. The van der Waals surface area contributed by atoms with E-state index >= 15 is 0 Å². The molecule has 0 saturated carbocycles. The third kappa shape index (κ3) is 5.55. The molecule has 0 fully saturated rings. The first-order valence-corrected chi connectivity index (χ1v) is 9.72. The van der Waals surface area contributed by atoms with Gasteiger partial charge in [0.25, 0.3) is 0 Å². The van der Waals surface area contributed by atoms with E-state index < -0.39 is 5.78 Å². The molecule has 1 aromatic carbocycles. The molecule has 0 amide bonds. The number of benzene rings is 1. The molecular weight excluding hydrogens is 378 g/mol. The Morgan fingerprint density at radius 1 is 1.17 bits per heavy atom. The number of aliphatic hydroxyl groups is 1. The quantitative estimate of drug-likeness (QED) is 0.447. The molecule has 1 aromatic heterocycles. The maximum atomic E-state index is 12.7. The second-order valence-corrected chi connectivity index (χ2v) is 6.67. The topological polar surface area (TPSA) is 84.3 Å². The monoisotopic (exact) mass is 403 g/mol. The number of Topliss-reactive ketones (excluding diaryl/α,β-unsaturated/α-hetero) is 2. The lowest BCUT2D eigenvalue weighted by atomic mass is 9.83. The van der Waals surface area contributed by atoms with Crippen LogP contribution in [-0.4, -0.2) is 34.0 Å². The van der Waals surface area contributed by atoms with Gasteiger partial charge >= 0.3 is 0 Å². The Bertz CT molecular complexity index is 1030. The van der Waals surface area contributed by atoms with Crippen molar-refractivity contribution < 1.29 is 19.5 Å². The first kappa shape index (κ1) is 22.8. The van der Waals surface area contributed by atoms with Gasteiger partial charge < -0.3 is 5.11 Å². The van der Waals surface area contributed by atoms with E-state index in [4.69, 9.17) is 5.11 Å². The maximum absolute atomic E-state index is 12.7. The molecule has 1 N–H and O–H groups in total. The highest BCUT2D eigenvalue weighted by Gasteiger charge is 2.27. The number of aliphatic hydroxyl groups excluding tert-OH is 1. The number of carbonyl (C=O) groups is 3. The van der Waals surface area contributed by atoms with Crippen LogP contribution in [0.3, 0.4) is 0 Å². The van der Waals surface area contributed by atoms with Gasteiger partial charge in [-0.05, 0) is 47.4 Å². The summed E-state index contributed by atoms with van der Waals surface area (Å²) < 4.78 is 0. The number of ketones is 3. The van der Waals surface area contributed by atoms with E-state index in [0.29, 0.717) is 23.6 Å². The van der Waals surface area contributed by atoms with Crippen molar-refractivity contribution >= 4 is 29.0 Å². The second-order valence-electron chi connectivity index (χ2n) is 6.67. The van der Waals surface area contributed by atoms with Gasteiger partial charge in [-0.25, -0.2) is 4.98 Å². The molecule has 0 saturated heterocycles. The van der Waals surface area contributed by atoms with Gasteiger partial charge in [0.2, 0.25) is 0 Å². The average Bonchev–Trinajstić information content (AvgIpc) is 2.76. The van der Waals surface area contributed by atoms with Gasteiger partial charge in [-0.15, -0.1) is 0 Å². The fraction of sp³-hybridized carbons (Fsp3) is 0.200. The van der Waals surface area contributed by atoms with Crippen LogP contribution in [0.15, 0.2) is 66.8 Å². The van der Waals surface area contributed by atoms with Crippen molar-refractivity contribution in [1.82, 2.24) is 4.98 Å². The molecule has 0 radical (unpaired) electrons.